The van der Waals surface area contributed by atoms with E-state index >= 15 is 0 Å². The van der Waals surface area contributed by atoms with Gasteiger partial charge in [-0.1, -0.05) is 0 Å². The Morgan fingerprint density at radius 1 is 1.24 bits per heavy atom. The summed E-state index contributed by atoms with van der Waals surface area (Å²) in [5.41, 5.74) is 0.268. The number of hydrogen-bond acceptors (Lipinski definition) is 2. The Labute approximate surface area is 98.2 Å². The number of rotatable bonds is 5. The van der Waals surface area contributed by atoms with Gasteiger partial charge in [0.1, 0.15) is 11.6 Å². The van der Waals surface area contributed by atoms with Gasteiger partial charge in [-0.2, -0.15) is 0 Å². The summed E-state index contributed by atoms with van der Waals surface area (Å²) in [4.78, 5) is 11.4. The number of hydrogen-bond donors (Lipinski definition) is 2. The largest absolute Gasteiger partial charge is 0.376 e. The second-order valence-electron chi connectivity index (χ2n) is 4.26. The predicted molar refractivity (Wildman–Crippen MR) is 60.6 cm³/mol. The Hall–Kier alpha value is -1.65. The van der Waals surface area contributed by atoms with Gasteiger partial charge in [-0.15, -0.1) is 0 Å². The number of halogens is 2. The molecule has 0 saturated heterocycles. The maximum absolute atomic E-state index is 12.8. The summed E-state index contributed by atoms with van der Waals surface area (Å²) in [5, 5.41) is 5.43. The minimum Gasteiger partial charge on any atom is -0.376 e. The molecule has 0 aliphatic heterocycles. The van der Waals surface area contributed by atoms with Crippen molar-refractivity contribution in [1.82, 2.24) is 5.32 Å². The second kappa shape index (κ2) is 5.12. The van der Waals surface area contributed by atoms with Crippen LogP contribution < -0.4 is 10.6 Å². The molecule has 3 nitrogen and oxygen atoms in total. The molecule has 0 aromatic heterocycles. The molecule has 0 atom stereocenters. The monoisotopic (exact) mass is 240 g/mol. The first-order chi connectivity index (χ1) is 8.13. The standard InChI is InChI=1S/C12H14F2N2O/c13-9-3-10(14)5-11(4-9)15-7-12(17)16-6-8-1-2-8/h3-5,8,15H,1-2,6-7H2,(H,16,17). The highest BCUT2D eigenvalue weighted by Gasteiger charge is 2.21. The highest BCUT2D eigenvalue weighted by Crippen LogP contribution is 2.27. The number of amides is 1. The average Bonchev–Trinajstić information content (AvgIpc) is 3.06. The molecule has 1 aromatic carbocycles. The van der Waals surface area contributed by atoms with Crippen LogP contribution in [0, 0.1) is 17.6 Å². The topological polar surface area (TPSA) is 41.1 Å². The van der Waals surface area contributed by atoms with E-state index in [0.29, 0.717) is 12.5 Å². The van der Waals surface area contributed by atoms with E-state index in [9.17, 15) is 13.6 Å². The summed E-state index contributed by atoms with van der Waals surface area (Å²) < 4.78 is 25.7. The Kier molecular flexibility index (Phi) is 3.56. The highest BCUT2D eigenvalue weighted by atomic mass is 19.1. The summed E-state index contributed by atoms with van der Waals surface area (Å²) in [6.45, 7) is 0.716. The van der Waals surface area contributed by atoms with Gasteiger partial charge < -0.3 is 10.6 Å². The van der Waals surface area contributed by atoms with Gasteiger partial charge in [0.05, 0.1) is 6.54 Å². The number of carbonyl (C=O) groups excluding carboxylic acids is 1. The molecule has 0 heterocycles. The summed E-state index contributed by atoms with van der Waals surface area (Å²) in [7, 11) is 0. The molecule has 2 N–H and O–H groups in total. The van der Waals surface area contributed by atoms with Crippen LogP contribution in [0.1, 0.15) is 12.8 Å². The van der Waals surface area contributed by atoms with E-state index < -0.39 is 11.6 Å². The molecule has 1 aromatic rings. The Balaban J connectivity index is 1.77. The molecule has 17 heavy (non-hydrogen) atoms. The molecule has 0 unspecified atom stereocenters. The van der Waals surface area contributed by atoms with Gasteiger partial charge in [0.2, 0.25) is 5.91 Å². The molecular formula is C12H14F2N2O. The van der Waals surface area contributed by atoms with E-state index in [1.54, 1.807) is 0 Å². The van der Waals surface area contributed by atoms with Crippen LogP contribution in [0.3, 0.4) is 0 Å². The fourth-order valence-electron chi connectivity index (χ4n) is 1.48. The van der Waals surface area contributed by atoms with Crippen LogP contribution in [0.4, 0.5) is 14.5 Å². The van der Waals surface area contributed by atoms with Crippen molar-refractivity contribution in [2.24, 2.45) is 5.92 Å². The molecule has 1 fully saturated rings. The zero-order valence-electron chi connectivity index (χ0n) is 9.30. The van der Waals surface area contributed by atoms with Crippen LogP contribution in [0.2, 0.25) is 0 Å². The summed E-state index contributed by atoms with van der Waals surface area (Å²) in [6, 6.07) is 3.09. The van der Waals surface area contributed by atoms with Crippen LogP contribution in [0.5, 0.6) is 0 Å². The lowest BCUT2D eigenvalue weighted by atomic mass is 10.3. The van der Waals surface area contributed by atoms with Gasteiger partial charge in [0, 0.05) is 18.3 Å². The lowest BCUT2D eigenvalue weighted by Crippen LogP contribution is -2.31. The van der Waals surface area contributed by atoms with E-state index in [1.807, 2.05) is 0 Å². The number of nitrogens with one attached hydrogen (secondary N) is 2. The van der Waals surface area contributed by atoms with Crippen LogP contribution in [0.25, 0.3) is 0 Å². The first kappa shape index (κ1) is 11.8. The molecule has 0 radical (unpaired) electrons. The zero-order valence-corrected chi connectivity index (χ0v) is 9.30. The SMILES string of the molecule is O=C(CNc1cc(F)cc(F)c1)NCC1CC1. The van der Waals surface area contributed by atoms with Gasteiger partial charge in [-0.3, -0.25) is 4.79 Å². The number of anilines is 1. The molecule has 2 rings (SSSR count). The van der Waals surface area contributed by atoms with Crippen LogP contribution in [0.15, 0.2) is 18.2 Å². The van der Waals surface area contributed by atoms with Crippen LogP contribution >= 0.6 is 0 Å². The van der Waals surface area contributed by atoms with Crippen molar-refractivity contribution in [1.29, 1.82) is 0 Å². The molecule has 0 bridgehead atoms. The van der Waals surface area contributed by atoms with Crippen molar-refractivity contribution in [2.75, 3.05) is 18.4 Å². The number of benzene rings is 1. The van der Waals surface area contributed by atoms with Gasteiger partial charge in [-0.25, -0.2) is 8.78 Å². The van der Waals surface area contributed by atoms with Crippen molar-refractivity contribution in [3.8, 4) is 0 Å². The van der Waals surface area contributed by atoms with Crippen LogP contribution in [-0.4, -0.2) is 19.0 Å². The molecule has 1 aliphatic carbocycles. The third-order valence-corrected chi connectivity index (χ3v) is 2.60. The first-order valence-corrected chi connectivity index (χ1v) is 5.60. The Morgan fingerprint density at radius 2 is 1.88 bits per heavy atom. The predicted octanol–water partition coefficient (Wildman–Crippen LogP) is 1.90. The number of carbonyl (C=O) groups is 1. The lowest BCUT2D eigenvalue weighted by Gasteiger charge is -2.07. The summed E-state index contributed by atoms with van der Waals surface area (Å²) >= 11 is 0. The van der Waals surface area contributed by atoms with Crippen molar-refractivity contribution >= 4 is 11.6 Å². The van der Waals surface area contributed by atoms with E-state index in [4.69, 9.17) is 0 Å². The van der Waals surface area contributed by atoms with Crippen molar-refractivity contribution in [3.63, 3.8) is 0 Å². The van der Waals surface area contributed by atoms with Crippen molar-refractivity contribution in [2.45, 2.75) is 12.8 Å². The highest BCUT2D eigenvalue weighted by molar-refractivity contribution is 5.80. The van der Waals surface area contributed by atoms with Crippen LogP contribution in [-0.2, 0) is 4.79 Å². The quantitative estimate of drug-likeness (QED) is 0.825. The Morgan fingerprint density at radius 3 is 2.47 bits per heavy atom. The molecule has 5 heteroatoms. The van der Waals surface area contributed by atoms with E-state index in [2.05, 4.69) is 10.6 Å². The molecule has 1 saturated carbocycles. The molecule has 0 spiro atoms. The minimum absolute atomic E-state index is 0.0234. The molecular weight excluding hydrogens is 226 g/mol. The van der Waals surface area contributed by atoms with Crippen molar-refractivity contribution in [3.05, 3.63) is 29.8 Å². The lowest BCUT2D eigenvalue weighted by molar-refractivity contribution is -0.119. The van der Waals surface area contributed by atoms with E-state index in [1.165, 1.54) is 12.8 Å². The Bertz CT molecular complexity index is 399. The molecule has 1 aliphatic rings. The minimum atomic E-state index is -0.661. The fraction of sp³-hybridized carbons (Fsp3) is 0.417. The smallest absolute Gasteiger partial charge is 0.239 e. The van der Waals surface area contributed by atoms with E-state index in [0.717, 1.165) is 18.2 Å². The maximum atomic E-state index is 12.8. The second-order valence-corrected chi connectivity index (χ2v) is 4.26. The maximum Gasteiger partial charge on any atom is 0.239 e. The average molecular weight is 240 g/mol. The summed E-state index contributed by atoms with van der Waals surface area (Å²) in [6.07, 6.45) is 2.34. The normalized spacial score (nSPS) is 14.5. The zero-order chi connectivity index (χ0) is 12.3. The third kappa shape index (κ3) is 4.01. The van der Waals surface area contributed by atoms with E-state index in [-0.39, 0.29) is 18.1 Å². The molecule has 92 valence electrons. The van der Waals surface area contributed by atoms with Gasteiger partial charge in [0.25, 0.3) is 0 Å². The fourth-order valence-corrected chi connectivity index (χ4v) is 1.48. The first-order valence-electron chi connectivity index (χ1n) is 5.60. The molecule has 1 amide bonds. The van der Waals surface area contributed by atoms with Crippen molar-refractivity contribution < 1.29 is 13.6 Å². The third-order valence-electron chi connectivity index (χ3n) is 2.60. The van der Waals surface area contributed by atoms with Gasteiger partial charge in [-0.05, 0) is 30.9 Å². The summed E-state index contributed by atoms with van der Waals surface area (Å²) in [5.74, 6) is -0.871. The van der Waals surface area contributed by atoms with Gasteiger partial charge >= 0.3 is 0 Å². The van der Waals surface area contributed by atoms with Gasteiger partial charge in [0.15, 0.2) is 0 Å².